The van der Waals surface area contributed by atoms with Crippen LogP contribution in [0.2, 0.25) is 0 Å². The number of rotatable bonds is 6. The zero-order valence-electron chi connectivity index (χ0n) is 15.6. The molecule has 3 aromatic rings. The Kier molecular flexibility index (Phi) is 5.82. The summed E-state index contributed by atoms with van der Waals surface area (Å²) in [4.78, 5) is 25.3. The maximum atomic E-state index is 12.6. The van der Waals surface area contributed by atoms with Crippen molar-refractivity contribution in [2.45, 2.75) is 26.2 Å². The van der Waals surface area contributed by atoms with E-state index in [2.05, 4.69) is 12.2 Å². The zero-order valence-corrected chi connectivity index (χ0v) is 15.6. The zero-order chi connectivity index (χ0) is 19.2. The first-order valence-corrected chi connectivity index (χ1v) is 9.18. The van der Waals surface area contributed by atoms with Gasteiger partial charge in [-0.1, -0.05) is 67.6 Å². The van der Waals surface area contributed by atoms with E-state index in [1.807, 2.05) is 61.5 Å². The normalized spacial score (nSPS) is 11.6. The van der Waals surface area contributed by atoms with Gasteiger partial charge >= 0.3 is 0 Å². The van der Waals surface area contributed by atoms with E-state index in [-0.39, 0.29) is 17.6 Å². The van der Waals surface area contributed by atoms with Crippen LogP contribution >= 0.6 is 0 Å². The molecule has 1 atom stereocenters. The Balaban J connectivity index is 1.75. The molecule has 0 saturated carbocycles. The van der Waals surface area contributed by atoms with Gasteiger partial charge in [-0.3, -0.25) is 9.59 Å². The molecule has 0 fully saturated rings. The number of carbonyl (C=O) groups is 2. The first kappa shape index (κ1) is 18.6. The molecule has 27 heavy (non-hydrogen) atoms. The molecule has 0 heterocycles. The van der Waals surface area contributed by atoms with Crippen LogP contribution in [0.3, 0.4) is 0 Å². The minimum absolute atomic E-state index is 0.0415. The van der Waals surface area contributed by atoms with Gasteiger partial charge in [-0.2, -0.15) is 0 Å². The van der Waals surface area contributed by atoms with Crippen LogP contribution in [0.25, 0.3) is 0 Å². The van der Waals surface area contributed by atoms with E-state index in [1.165, 1.54) is 5.56 Å². The third-order valence-corrected chi connectivity index (χ3v) is 4.71. The van der Waals surface area contributed by atoms with E-state index in [4.69, 9.17) is 0 Å². The van der Waals surface area contributed by atoms with E-state index in [0.29, 0.717) is 11.1 Å². The smallest absolute Gasteiger partial charge is 0.231 e. The molecule has 0 aliphatic heterocycles. The average molecular weight is 357 g/mol. The lowest BCUT2D eigenvalue weighted by Gasteiger charge is -2.14. The summed E-state index contributed by atoms with van der Waals surface area (Å²) < 4.78 is 0. The van der Waals surface area contributed by atoms with Crippen molar-refractivity contribution in [2.24, 2.45) is 0 Å². The fourth-order valence-electron chi connectivity index (χ4n) is 2.93. The van der Waals surface area contributed by atoms with Gasteiger partial charge in [0.2, 0.25) is 5.91 Å². The van der Waals surface area contributed by atoms with Gasteiger partial charge in [0.05, 0.1) is 5.92 Å². The van der Waals surface area contributed by atoms with Crippen molar-refractivity contribution in [3.8, 4) is 0 Å². The van der Waals surface area contributed by atoms with Gasteiger partial charge in [0.15, 0.2) is 5.78 Å². The molecule has 3 aromatic carbocycles. The first-order chi connectivity index (χ1) is 13.1. The summed E-state index contributed by atoms with van der Waals surface area (Å²) in [5, 5.41) is 2.95. The van der Waals surface area contributed by atoms with Crippen LogP contribution in [0.1, 0.15) is 46.8 Å². The topological polar surface area (TPSA) is 46.2 Å². The first-order valence-electron chi connectivity index (χ1n) is 9.18. The Morgan fingerprint density at radius 3 is 2.19 bits per heavy atom. The van der Waals surface area contributed by atoms with E-state index in [9.17, 15) is 9.59 Å². The Bertz CT molecular complexity index is 930. The van der Waals surface area contributed by atoms with Gasteiger partial charge in [0.1, 0.15) is 0 Å². The number of ketones is 1. The lowest BCUT2D eigenvalue weighted by atomic mass is 9.95. The molecule has 0 spiro atoms. The molecule has 1 N–H and O–H groups in total. The number of hydrogen-bond acceptors (Lipinski definition) is 2. The largest absolute Gasteiger partial charge is 0.326 e. The summed E-state index contributed by atoms with van der Waals surface area (Å²) in [7, 11) is 0. The molecule has 1 amide bonds. The van der Waals surface area contributed by atoms with E-state index >= 15 is 0 Å². The molecule has 0 bridgehead atoms. The van der Waals surface area contributed by atoms with Crippen molar-refractivity contribution in [3.63, 3.8) is 0 Å². The van der Waals surface area contributed by atoms with Crippen LogP contribution in [0.5, 0.6) is 0 Å². The number of nitrogens with one attached hydrogen (secondary N) is 1. The van der Waals surface area contributed by atoms with Crippen LogP contribution in [-0.4, -0.2) is 11.7 Å². The van der Waals surface area contributed by atoms with Gasteiger partial charge in [-0.15, -0.1) is 0 Å². The lowest BCUT2D eigenvalue weighted by Crippen LogP contribution is -2.19. The summed E-state index contributed by atoms with van der Waals surface area (Å²) in [6.07, 6.45) is 0.965. The van der Waals surface area contributed by atoms with E-state index < -0.39 is 0 Å². The molecule has 0 aliphatic rings. The fourth-order valence-corrected chi connectivity index (χ4v) is 2.93. The lowest BCUT2D eigenvalue weighted by molar-refractivity contribution is -0.117. The Labute approximate surface area is 160 Å². The standard InChI is InChI=1S/C24H23NO2/c1-3-18-12-14-22(15-13-18)25-24(27)17(2)20-10-7-11-21(16-20)23(26)19-8-5-4-6-9-19/h4-17H,3H2,1-2H3,(H,25,27)/t17-/m0/s1. The maximum absolute atomic E-state index is 12.6. The highest BCUT2D eigenvalue weighted by Crippen LogP contribution is 2.21. The number of benzene rings is 3. The number of hydrogen-bond donors (Lipinski definition) is 1. The van der Waals surface area contributed by atoms with Crippen LogP contribution in [0.4, 0.5) is 5.69 Å². The molecule has 0 radical (unpaired) electrons. The summed E-state index contributed by atoms with van der Waals surface area (Å²) in [6.45, 7) is 3.95. The molecule has 3 rings (SSSR count). The van der Waals surface area contributed by atoms with Gasteiger partial charge in [0, 0.05) is 16.8 Å². The molecule has 0 aromatic heterocycles. The van der Waals surface area contributed by atoms with Gasteiger partial charge < -0.3 is 5.32 Å². The van der Waals surface area contributed by atoms with Crippen LogP contribution in [-0.2, 0) is 11.2 Å². The minimum Gasteiger partial charge on any atom is -0.326 e. The maximum Gasteiger partial charge on any atom is 0.231 e. The number of amides is 1. The van der Waals surface area contributed by atoms with Crippen LogP contribution in [0, 0.1) is 0 Å². The average Bonchev–Trinajstić information content (AvgIpc) is 2.74. The second-order valence-corrected chi connectivity index (χ2v) is 6.58. The van der Waals surface area contributed by atoms with Crippen LogP contribution < -0.4 is 5.32 Å². The second-order valence-electron chi connectivity index (χ2n) is 6.58. The highest BCUT2D eigenvalue weighted by Gasteiger charge is 2.17. The van der Waals surface area contributed by atoms with Crippen molar-refractivity contribution in [2.75, 3.05) is 5.32 Å². The molecule has 0 unspecified atom stereocenters. The van der Waals surface area contributed by atoms with Gasteiger partial charge in [-0.05, 0) is 42.7 Å². The van der Waals surface area contributed by atoms with Gasteiger partial charge in [0.25, 0.3) is 0 Å². The van der Waals surface area contributed by atoms with Crippen molar-refractivity contribution >= 4 is 17.4 Å². The second kappa shape index (κ2) is 8.45. The predicted octanol–water partition coefficient (Wildman–Crippen LogP) is 5.22. The predicted molar refractivity (Wildman–Crippen MR) is 109 cm³/mol. The van der Waals surface area contributed by atoms with E-state index in [0.717, 1.165) is 17.7 Å². The minimum atomic E-state index is -0.362. The summed E-state index contributed by atoms with van der Waals surface area (Å²) in [6, 6.07) is 24.3. The van der Waals surface area contributed by atoms with Crippen molar-refractivity contribution in [1.29, 1.82) is 0 Å². The molecule has 136 valence electrons. The number of anilines is 1. The Morgan fingerprint density at radius 2 is 1.52 bits per heavy atom. The number of carbonyl (C=O) groups excluding carboxylic acids is 2. The van der Waals surface area contributed by atoms with Crippen LogP contribution in [0.15, 0.2) is 78.9 Å². The molecule has 3 nitrogen and oxygen atoms in total. The summed E-state index contributed by atoms with van der Waals surface area (Å²) in [5.74, 6) is -0.497. The summed E-state index contributed by atoms with van der Waals surface area (Å²) in [5.41, 5.74) is 4.06. The highest BCUT2D eigenvalue weighted by molar-refractivity contribution is 6.09. The molecule has 3 heteroatoms. The molecule has 0 aliphatic carbocycles. The number of aryl methyl sites for hydroxylation is 1. The monoisotopic (exact) mass is 357 g/mol. The Morgan fingerprint density at radius 1 is 0.852 bits per heavy atom. The third-order valence-electron chi connectivity index (χ3n) is 4.71. The molecular weight excluding hydrogens is 334 g/mol. The highest BCUT2D eigenvalue weighted by atomic mass is 16.2. The van der Waals surface area contributed by atoms with Crippen molar-refractivity contribution < 1.29 is 9.59 Å². The van der Waals surface area contributed by atoms with Crippen molar-refractivity contribution in [1.82, 2.24) is 0 Å². The quantitative estimate of drug-likeness (QED) is 0.615. The third kappa shape index (κ3) is 4.50. The fraction of sp³-hybridized carbons (Fsp3) is 0.167. The molecule has 0 saturated heterocycles. The summed E-state index contributed by atoms with van der Waals surface area (Å²) >= 11 is 0. The van der Waals surface area contributed by atoms with Gasteiger partial charge in [-0.25, -0.2) is 0 Å². The SMILES string of the molecule is CCc1ccc(NC(=O)[C@@H](C)c2cccc(C(=O)c3ccccc3)c2)cc1. The Hall–Kier alpha value is -3.20. The van der Waals surface area contributed by atoms with E-state index in [1.54, 1.807) is 24.3 Å². The molecular formula is C24H23NO2. The van der Waals surface area contributed by atoms with Crippen molar-refractivity contribution in [3.05, 3.63) is 101 Å².